The smallest absolute Gasteiger partial charge is 0.310 e. The van der Waals surface area contributed by atoms with Crippen LogP contribution < -0.4 is 0 Å². The highest BCUT2D eigenvalue weighted by molar-refractivity contribution is 14.1. The summed E-state index contributed by atoms with van der Waals surface area (Å²) in [5.74, 6) is -0.206. The first-order chi connectivity index (χ1) is 6.58. The fourth-order valence-corrected chi connectivity index (χ4v) is 1.30. The summed E-state index contributed by atoms with van der Waals surface area (Å²) in [5, 5.41) is 0. The van der Waals surface area contributed by atoms with Crippen LogP contribution in [-0.2, 0) is 16.0 Å². The maximum absolute atomic E-state index is 11.3. The van der Waals surface area contributed by atoms with Crippen LogP contribution in [0.3, 0.4) is 0 Å². The molecule has 3 nitrogen and oxygen atoms in total. The highest BCUT2D eigenvalue weighted by Gasteiger charge is 2.06. The summed E-state index contributed by atoms with van der Waals surface area (Å²) in [5.41, 5.74) is 0.885. The molecular formula is C10H12INO2. The van der Waals surface area contributed by atoms with E-state index in [1.807, 2.05) is 26.0 Å². The molecule has 0 unspecified atom stereocenters. The zero-order valence-corrected chi connectivity index (χ0v) is 10.3. The zero-order chi connectivity index (χ0) is 10.6. The van der Waals surface area contributed by atoms with Gasteiger partial charge in [0, 0.05) is 6.20 Å². The van der Waals surface area contributed by atoms with Crippen molar-refractivity contribution in [3.63, 3.8) is 0 Å². The Hall–Kier alpha value is -0.650. The van der Waals surface area contributed by atoms with Gasteiger partial charge in [0.05, 0.1) is 12.5 Å². The molecule has 0 aromatic carbocycles. The Bertz CT molecular complexity index is 308. The molecule has 0 aliphatic rings. The molecule has 1 aromatic rings. The summed E-state index contributed by atoms with van der Waals surface area (Å²) in [6, 6.07) is 3.76. The van der Waals surface area contributed by atoms with Crippen LogP contribution in [-0.4, -0.2) is 17.1 Å². The molecular weight excluding hydrogens is 293 g/mol. The Morgan fingerprint density at radius 3 is 2.79 bits per heavy atom. The minimum Gasteiger partial charge on any atom is -0.463 e. The number of carbonyl (C=O) groups excluding carboxylic acids is 1. The molecule has 0 aliphatic heterocycles. The molecule has 0 spiro atoms. The molecule has 0 aliphatic carbocycles. The second kappa shape index (κ2) is 5.29. The van der Waals surface area contributed by atoms with Gasteiger partial charge in [-0.2, -0.15) is 0 Å². The molecule has 1 rings (SSSR count). The molecule has 0 N–H and O–H groups in total. The summed E-state index contributed by atoms with van der Waals surface area (Å²) in [7, 11) is 0. The lowest BCUT2D eigenvalue weighted by Gasteiger charge is -2.07. The molecule has 1 heterocycles. The van der Waals surface area contributed by atoms with Crippen molar-refractivity contribution in [2.45, 2.75) is 26.4 Å². The predicted molar refractivity (Wildman–Crippen MR) is 61.9 cm³/mol. The number of halogens is 1. The van der Waals surface area contributed by atoms with E-state index in [2.05, 4.69) is 27.6 Å². The van der Waals surface area contributed by atoms with E-state index in [9.17, 15) is 4.79 Å². The average molecular weight is 305 g/mol. The van der Waals surface area contributed by atoms with Crippen molar-refractivity contribution in [3.05, 3.63) is 27.6 Å². The van der Waals surface area contributed by atoms with Gasteiger partial charge in [-0.1, -0.05) is 6.07 Å². The van der Waals surface area contributed by atoms with Crippen LogP contribution in [0.1, 0.15) is 19.4 Å². The number of carbonyl (C=O) groups is 1. The largest absolute Gasteiger partial charge is 0.463 e. The van der Waals surface area contributed by atoms with Crippen molar-refractivity contribution in [2.75, 3.05) is 0 Å². The highest BCUT2D eigenvalue weighted by atomic mass is 127. The molecule has 0 radical (unpaired) electrons. The van der Waals surface area contributed by atoms with Gasteiger partial charge in [0.25, 0.3) is 0 Å². The van der Waals surface area contributed by atoms with E-state index in [1.165, 1.54) is 0 Å². The first kappa shape index (κ1) is 11.4. The van der Waals surface area contributed by atoms with Crippen molar-refractivity contribution < 1.29 is 9.53 Å². The Morgan fingerprint density at radius 2 is 2.29 bits per heavy atom. The fourth-order valence-electron chi connectivity index (χ4n) is 0.982. The summed E-state index contributed by atoms with van der Waals surface area (Å²) in [4.78, 5) is 15.3. The minimum atomic E-state index is -0.206. The third kappa shape index (κ3) is 4.04. The highest BCUT2D eigenvalue weighted by Crippen LogP contribution is 2.04. The van der Waals surface area contributed by atoms with Gasteiger partial charge in [-0.15, -0.1) is 0 Å². The average Bonchev–Trinajstić information content (AvgIpc) is 2.07. The van der Waals surface area contributed by atoms with Gasteiger partial charge >= 0.3 is 5.97 Å². The predicted octanol–water partition coefficient (Wildman–Crippen LogP) is 2.18. The van der Waals surface area contributed by atoms with Gasteiger partial charge in [0.1, 0.15) is 3.70 Å². The lowest BCUT2D eigenvalue weighted by Crippen LogP contribution is -2.13. The van der Waals surface area contributed by atoms with E-state index < -0.39 is 0 Å². The van der Waals surface area contributed by atoms with Crippen molar-refractivity contribution in [1.82, 2.24) is 4.98 Å². The van der Waals surface area contributed by atoms with Gasteiger partial charge in [-0.05, 0) is 48.1 Å². The van der Waals surface area contributed by atoms with E-state index in [0.29, 0.717) is 6.42 Å². The number of nitrogens with zero attached hydrogens (tertiary/aromatic N) is 1. The van der Waals surface area contributed by atoms with Gasteiger partial charge in [0.15, 0.2) is 0 Å². The van der Waals surface area contributed by atoms with Crippen LogP contribution in [0.15, 0.2) is 18.3 Å². The van der Waals surface area contributed by atoms with Gasteiger partial charge in [-0.25, -0.2) is 0 Å². The number of aromatic nitrogens is 1. The van der Waals surface area contributed by atoms with Crippen molar-refractivity contribution >= 4 is 28.6 Å². The number of pyridine rings is 1. The summed E-state index contributed by atoms with van der Waals surface area (Å²) < 4.78 is 5.94. The minimum absolute atomic E-state index is 0.0562. The van der Waals surface area contributed by atoms with Crippen LogP contribution >= 0.6 is 22.6 Å². The van der Waals surface area contributed by atoms with Crippen LogP contribution in [0.2, 0.25) is 0 Å². The maximum Gasteiger partial charge on any atom is 0.310 e. The second-order valence-corrected chi connectivity index (χ2v) is 4.31. The first-order valence-corrected chi connectivity index (χ1v) is 5.45. The quantitative estimate of drug-likeness (QED) is 0.488. The molecule has 14 heavy (non-hydrogen) atoms. The Balaban J connectivity index is 2.52. The van der Waals surface area contributed by atoms with Crippen molar-refractivity contribution in [2.24, 2.45) is 0 Å². The van der Waals surface area contributed by atoms with Crippen LogP contribution in [0.25, 0.3) is 0 Å². The van der Waals surface area contributed by atoms with E-state index >= 15 is 0 Å². The maximum atomic E-state index is 11.3. The fraction of sp³-hybridized carbons (Fsp3) is 0.400. The number of rotatable bonds is 3. The first-order valence-electron chi connectivity index (χ1n) is 4.38. The van der Waals surface area contributed by atoms with E-state index in [0.717, 1.165) is 9.26 Å². The topological polar surface area (TPSA) is 39.2 Å². The van der Waals surface area contributed by atoms with Crippen molar-refractivity contribution in [1.29, 1.82) is 0 Å². The Morgan fingerprint density at radius 1 is 1.57 bits per heavy atom. The van der Waals surface area contributed by atoms with Gasteiger partial charge in [0.2, 0.25) is 0 Å². The standard InChI is InChI=1S/C10H12INO2/c1-7(2)14-10(13)5-8-3-4-9(11)12-6-8/h3-4,6-7H,5H2,1-2H3. The van der Waals surface area contributed by atoms with E-state index in [-0.39, 0.29) is 12.1 Å². The third-order valence-electron chi connectivity index (χ3n) is 1.50. The van der Waals surface area contributed by atoms with Gasteiger partial charge in [-0.3, -0.25) is 9.78 Å². The molecule has 4 heteroatoms. The molecule has 0 saturated carbocycles. The van der Waals surface area contributed by atoms with Crippen LogP contribution in [0.5, 0.6) is 0 Å². The SMILES string of the molecule is CC(C)OC(=O)Cc1ccc(I)nc1. The van der Waals surface area contributed by atoms with E-state index in [4.69, 9.17) is 4.74 Å². The summed E-state index contributed by atoms with van der Waals surface area (Å²) >= 11 is 2.12. The second-order valence-electron chi connectivity index (χ2n) is 3.20. The molecule has 0 saturated heterocycles. The summed E-state index contributed by atoms with van der Waals surface area (Å²) in [6.07, 6.45) is 1.94. The number of esters is 1. The lowest BCUT2D eigenvalue weighted by molar-refractivity contribution is -0.146. The zero-order valence-electron chi connectivity index (χ0n) is 8.16. The molecule has 0 atom stereocenters. The Labute approximate surface area is 97.0 Å². The van der Waals surface area contributed by atoms with E-state index in [1.54, 1.807) is 6.20 Å². The molecule has 1 aromatic heterocycles. The molecule has 0 bridgehead atoms. The molecule has 0 fully saturated rings. The molecule has 0 amide bonds. The lowest BCUT2D eigenvalue weighted by atomic mass is 10.2. The monoisotopic (exact) mass is 305 g/mol. The number of ether oxygens (including phenoxy) is 1. The molecule has 76 valence electrons. The van der Waals surface area contributed by atoms with Gasteiger partial charge < -0.3 is 4.74 Å². The Kier molecular flexibility index (Phi) is 4.31. The third-order valence-corrected chi connectivity index (χ3v) is 2.14. The normalized spacial score (nSPS) is 10.3. The summed E-state index contributed by atoms with van der Waals surface area (Å²) in [6.45, 7) is 3.67. The number of hydrogen-bond acceptors (Lipinski definition) is 3. The van der Waals surface area contributed by atoms with Crippen LogP contribution in [0, 0.1) is 3.70 Å². The van der Waals surface area contributed by atoms with Crippen LogP contribution in [0.4, 0.5) is 0 Å². The van der Waals surface area contributed by atoms with Crippen molar-refractivity contribution in [3.8, 4) is 0 Å². The number of hydrogen-bond donors (Lipinski definition) is 0.